The summed E-state index contributed by atoms with van der Waals surface area (Å²) in [5.74, 6) is 0.944. The Hall–Kier alpha value is 1.37. The molecule has 0 bridgehead atoms. The molecule has 0 saturated heterocycles. The van der Waals surface area contributed by atoms with Crippen molar-refractivity contribution < 1.29 is 52.7 Å². The van der Waals surface area contributed by atoms with E-state index in [1.54, 1.807) is 0 Å². The molecule has 0 aromatic heterocycles. The Morgan fingerprint density at radius 2 is 1.72 bits per heavy atom. The third-order valence-corrected chi connectivity index (χ3v) is 7.22. The molecule has 0 radical (unpaired) electrons. The molecule has 0 spiro atoms. The largest absolute Gasteiger partial charge is 2.00 e. The second kappa shape index (κ2) is 11.1. The fourth-order valence-electron chi connectivity index (χ4n) is 0.888. The molecule has 0 atom stereocenters. The van der Waals surface area contributed by atoms with E-state index in [2.05, 4.69) is 39.9 Å². The molecule has 1 rings (SSSR count). The number of halogens is 2. The van der Waals surface area contributed by atoms with Crippen molar-refractivity contribution in [2.75, 3.05) is 0 Å². The second-order valence-electron chi connectivity index (χ2n) is 5.10. The average Bonchev–Trinajstić information content (AvgIpc) is 2.03. The molecule has 0 unspecified atom stereocenters. The summed E-state index contributed by atoms with van der Waals surface area (Å²) in [7, 11) is -1.67. The van der Waals surface area contributed by atoms with Crippen LogP contribution in [0.1, 0.15) is 20.8 Å². The Kier molecular flexibility index (Phi) is 17.0. The maximum Gasteiger partial charge on any atom is 2.00 e. The Labute approximate surface area is 157 Å². The van der Waals surface area contributed by atoms with Crippen molar-refractivity contribution in [3.05, 3.63) is 30.3 Å². The van der Waals surface area contributed by atoms with Crippen LogP contribution in [-0.2, 0) is 0 Å². The Balaban J connectivity index is -0.000000245. The Morgan fingerprint density at radius 3 is 2.06 bits per heavy atom. The summed E-state index contributed by atoms with van der Waals surface area (Å²) in [6, 6.07) is 10.8. The second-order valence-corrected chi connectivity index (χ2v) is 9.83. The van der Waals surface area contributed by atoms with E-state index in [-0.39, 0.29) is 76.3 Å². The topological polar surface area (TPSA) is 9.23 Å². The molecular weight excluding hydrogens is 335 g/mol. The van der Waals surface area contributed by atoms with Gasteiger partial charge in [-0.15, -0.1) is 12.1 Å². The molecule has 18 heavy (non-hydrogen) atoms. The third-order valence-electron chi connectivity index (χ3n) is 2.86. The molecule has 6 heteroatoms. The third kappa shape index (κ3) is 8.52. The molecule has 0 aliphatic heterocycles. The van der Waals surface area contributed by atoms with Crippen LogP contribution in [0.3, 0.4) is 0 Å². The summed E-state index contributed by atoms with van der Waals surface area (Å²) in [6.07, 6.45) is 0. The normalized spacial score (nSPS) is 9.83. The maximum absolute atomic E-state index is 6.07. The Bertz CT molecular complexity index is 307. The fraction of sp³-hybridized carbons (Fsp3) is 0.500. The molecule has 0 heterocycles. The molecule has 0 fully saturated rings. The standard InChI is InChI=1S/C12H19OSi.BrH.ClH.Li.Mg/c1-12(2,3)14(4,5)13-11-9-7-6-8-10-11;;;;/h6-7,9-10H,1-5H3;2*1H;;/q-1;;;+1;+2/p-2. The summed E-state index contributed by atoms with van der Waals surface area (Å²) < 4.78 is 6.07. The van der Waals surface area contributed by atoms with E-state index in [1.165, 1.54) is 0 Å². The molecule has 0 aliphatic rings. The van der Waals surface area contributed by atoms with Crippen LogP contribution in [0.4, 0.5) is 0 Å². The molecule has 0 aliphatic carbocycles. The van der Waals surface area contributed by atoms with Crippen LogP contribution in [0.15, 0.2) is 24.3 Å². The first-order valence-electron chi connectivity index (χ1n) is 4.98. The van der Waals surface area contributed by atoms with Crippen LogP contribution in [-0.4, -0.2) is 31.4 Å². The molecule has 0 saturated carbocycles. The summed E-state index contributed by atoms with van der Waals surface area (Å²) in [5.41, 5.74) is 0. The predicted molar refractivity (Wildman–Crippen MR) is 68.9 cm³/mol. The molecule has 1 aromatic carbocycles. The van der Waals surface area contributed by atoms with Crippen molar-refractivity contribution in [2.24, 2.45) is 0 Å². The summed E-state index contributed by atoms with van der Waals surface area (Å²) in [5, 5.41) is 0.253. The van der Waals surface area contributed by atoms with Gasteiger partial charge in [0.05, 0.1) is 0 Å². The van der Waals surface area contributed by atoms with Gasteiger partial charge in [-0.05, 0) is 23.9 Å². The van der Waals surface area contributed by atoms with E-state index >= 15 is 0 Å². The van der Waals surface area contributed by atoms with Crippen molar-refractivity contribution in [2.45, 2.75) is 38.9 Å². The minimum Gasteiger partial charge on any atom is -1.00 e. The fourth-order valence-corrected chi connectivity index (χ4v) is 1.91. The van der Waals surface area contributed by atoms with Crippen LogP contribution < -0.4 is 52.7 Å². The maximum atomic E-state index is 6.07. The number of hydrogen-bond acceptors (Lipinski definition) is 1. The van der Waals surface area contributed by atoms with Gasteiger partial charge >= 0.3 is 41.9 Å². The Morgan fingerprint density at radius 1 is 1.22 bits per heavy atom. The van der Waals surface area contributed by atoms with Crippen LogP contribution in [0.2, 0.25) is 18.1 Å². The van der Waals surface area contributed by atoms with Crippen LogP contribution in [0, 0.1) is 6.07 Å². The first-order chi connectivity index (χ1) is 6.33. The SMILES string of the molecule is CC(C)(C)[Si](C)(C)Oc1c[c-]ccc1.[Br-].[Cl-].[Li+].[Mg+2]. The van der Waals surface area contributed by atoms with Gasteiger partial charge in [0.15, 0.2) is 0 Å². The minimum atomic E-state index is -1.67. The molecule has 94 valence electrons. The summed E-state index contributed by atoms with van der Waals surface area (Å²) in [4.78, 5) is 0. The van der Waals surface area contributed by atoms with Crippen molar-refractivity contribution in [1.29, 1.82) is 0 Å². The number of rotatable bonds is 2. The van der Waals surface area contributed by atoms with Gasteiger partial charge in [0.2, 0.25) is 8.32 Å². The van der Waals surface area contributed by atoms with Gasteiger partial charge in [-0.25, -0.2) is 0 Å². The zero-order valence-electron chi connectivity index (χ0n) is 12.2. The van der Waals surface area contributed by atoms with E-state index in [0.29, 0.717) is 0 Å². The first kappa shape index (κ1) is 27.7. The quantitative estimate of drug-likeness (QED) is 0.381. The van der Waals surface area contributed by atoms with Gasteiger partial charge in [0.25, 0.3) is 0 Å². The number of benzene rings is 1. The zero-order valence-corrected chi connectivity index (χ0v) is 16.9. The van der Waals surface area contributed by atoms with Crippen molar-refractivity contribution >= 4 is 31.4 Å². The monoisotopic (exact) mass is 352 g/mol. The van der Waals surface area contributed by atoms with E-state index < -0.39 is 8.32 Å². The first-order valence-corrected chi connectivity index (χ1v) is 7.89. The van der Waals surface area contributed by atoms with Crippen molar-refractivity contribution in [3.8, 4) is 5.75 Å². The van der Waals surface area contributed by atoms with Gasteiger partial charge in [-0.2, -0.15) is 18.2 Å². The summed E-state index contributed by atoms with van der Waals surface area (Å²) >= 11 is 0. The molecule has 1 aromatic rings. The van der Waals surface area contributed by atoms with Crippen LogP contribution in [0.5, 0.6) is 5.75 Å². The van der Waals surface area contributed by atoms with E-state index in [0.717, 1.165) is 5.75 Å². The van der Waals surface area contributed by atoms with Gasteiger partial charge in [-0.1, -0.05) is 20.8 Å². The van der Waals surface area contributed by atoms with Gasteiger partial charge in [-0.3, -0.25) is 0 Å². The molecule has 0 N–H and O–H groups in total. The molecule has 0 amide bonds. The zero-order chi connectivity index (χ0) is 10.8. The molecular formula is C12H19BrClLiMgOSi. The van der Waals surface area contributed by atoms with Gasteiger partial charge < -0.3 is 33.8 Å². The van der Waals surface area contributed by atoms with Crippen molar-refractivity contribution in [3.63, 3.8) is 0 Å². The van der Waals surface area contributed by atoms with Crippen molar-refractivity contribution in [1.82, 2.24) is 0 Å². The smallest absolute Gasteiger partial charge is 1.00 e. The van der Waals surface area contributed by atoms with Gasteiger partial charge in [0.1, 0.15) is 0 Å². The predicted octanol–water partition coefficient (Wildman–Crippen LogP) is -5.50. The van der Waals surface area contributed by atoms with E-state index in [4.69, 9.17) is 4.43 Å². The molecule has 1 nitrogen and oxygen atoms in total. The average molecular weight is 354 g/mol. The number of hydrogen-bond donors (Lipinski definition) is 0. The van der Waals surface area contributed by atoms with Crippen LogP contribution >= 0.6 is 0 Å². The van der Waals surface area contributed by atoms with E-state index in [1.807, 2.05) is 24.3 Å². The van der Waals surface area contributed by atoms with Gasteiger partial charge in [0, 0.05) is 0 Å². The summed E-state index contributed by atoms with van der Waals surface area (Å²) in [6.45, 7) is 11.2. The minimum absolute atomic E-state index is 0. The van der Waals surface area contributed by atoms with Crippen LogP contribution in [0.25, 0.3) is 0 Å². The van der Waals surface area contributed by atoms with E-state index in [9.17, 15) is 0 Å².